The van der Waals surface area contributed by atoms with Crippen molar-refractivity contribution in [1.82, 2.24) is 0 Å². The van der Waals surface area contributed by atoms with Gasteiger partial charge in [0.15, 0.2) is 0 Å². The smallest absolute Gasteiger partial charge is 0.123 e. The first-order valence-corrected chi connectivity index (χ1v) is 7.58. The molecular weight excluding hydrogens is 338 g/mol. The Labute approximate surface area is 119 Å². The lowest BCUT2D eigenvalue weighted by Gasteiger charge is -2.23. The van der Waals surface area contributed by atoms with Gasteiger partial charge in [0.25, 0.3) is 0 Å². The van der Waals surface area contributed by atoms with E-state index in [1.54, 1.807) is 24.3 Å². The summed E-state index contributed by atoms with van der Waals surface area (Å²) in [6.07, 6.45) is 0. The van der Waals surface area contributed by atoms with Crippen LogP contribution < -0.4 is 0 Å². The summed E-state index contributed by atoms with van der Waals surface area (Å²) in [6.45, 7) is 0. The fraction of sp³-hybridized carbons (Fsp3) is 0. The van der Waals surface area contributed by atoms with Crippen LogP contribution in [0.3, 0.4) is 0 Å². The molecule has 3 nitrogen and oxygen atoms in total. The second kappa shape index (κ2) is 5.30. The molecule has 0 aliphatic carbocycles. The van der Waals surface area contributed by atoms with E-state index < -0.39 is 10.0 Å². The van der Waals surface area contributed by atoms with Crippen LogP contribution in [-0.4, -0.2) is 8.42 Å². The first-order valence-electron chi connectivity index (χ1n) is 4.97. The van der Waals surface area contributed by atoms with Crippen LogP contribution in [0.4, 0.5) is 5.69 Å². The van der Waals surface area contributed by atoms with Gasteiger partial charge in [-0.2, -0.15) is 0 Å². The highest BCUT2D eigenvalue weighted by Gasteiger charge is 2.05. The lowest BCUT2D eigenvalue weighted by Crippen LogP contribution is -1.97. The number of hydrogen-bond acceptors (Lipinski definition) is 2. The third-order valence-electron chi connectivity index (χ3n) is 2.18. The van der Waals surface area contributed by atoms with Crippen LogP contribution in [0.25, 0.3) is 4.72 Å². The van der Waals surface area contributed by atoms with Crippen molar-refractivity contribution in [2.45, 2.75) is 4.90 Å². The van der Waals surface area contributed by atoms with Gasteiger partial charge in [0.05, 0.1) is 4.90 Å². The molecule has 2 aromatic carbocycles. The molecule has 0 N–H and O–H groups in total. The quantitative estimate of drug-likeness (QED) is 0.822. The SMILES string of the molecule is O=S(=O)([N-]c1ccccc1Br)c1ccc(Cl)cc1. The van der Waals surface area contributed by atoms with Gasteiger partial charge in [-0.05, 0) is 30.3 Å². The topological polar surface area (TPSA) is 48.2 Å². The Kier molecular flexibility index (Phi) is 3.94. The maximum Gasteiger partial charge on any atom is 0.123 e. The van der Waals surface area contributed by atoms with Crippen molar-refractivity contribution >= 4 is 43.2 Å². The molecule has 0 saturated carbocycles. The molecule has 2 rings (SSSR count). The summed E-state index contributed by atoms with van der Waals surface area (Å²) in [7, 11) is -3.72. The fourth-order valence-electron chi connectivity index (χ4n) is 1.31. The van der Waals surface area contributed by atoms with E-state index in [-0.39, 0.29) is 4.90 Å². The van der Waals surface area contributed by atoms with Crippen molar-refractivity contribution in [3.8, 4) is 0 Å². The molecule has 0 aliphatic heterocycles. The molecule has 0 bridgehead atoms. The van der Waals surface area contributed by atoms with E-state index in [4.69, 9.17) is 11.6 Å². The molecule has 6 heteroatoms. The van der Waals surface area contributed by atoms with Crippen LogP contribution >= 0.6 is 27.5 Å². The van der Waals surface area contributed by atoms with Crippen molar-refractivity contribution in [2.24, 2.45) is 0 Å². The van der Waals surface area contributed by atoms with Crippen LogP contribution in [0.2, 0.25) is 5.02 Å². The predicted molar refractivity (Wildman–Crippen MR) is 75.8 cm³/mol. The zero-order valence-electron chi connectivity index (χ0n) is 9.05. The minimum absolute atomic E-state index is 0.114. The zero-order chi connectivity index (χ0) is 13.2. The summed E-state index contributed by atoms with van der Waals surface area (Å²) >= 11 is 8.97. The Morgan fingerprint density at radius 3 is 2.22 bits per heavy atom. The third kappa shape index (κ3) is 3.04. The molecule has 0 saturated heterocycles. The minimum atomic E-state index is -3.72. The summed E-state index contributed by atoms with van der Waals surface area (Å²) < 4.78 is 28.5. The van der Waals surface area contributed by atoms with E-state index in [9.17, 15) is 8.42 Å². The number of rotatable bonds is 3. The number of sulfonamides is 1. The van der Waals surface area contributed by atoms with E-state index in [2.05, 4.69) is 20.7 Å². The number of hydrogen-bond donors (Lipinski definition) is 0. The largest absolute Gasteiger partial charge is 0.572 e. The second-order valence-corrected chi connectivity index (χ2v) is 6.37. The molecule has 0 fully saturated rings. The zero-order valence-corrected chi connectivity index (χ0v) is 12.2. The lowest BCUT2D eigenvalue weighted by molar-refractivity contribution is 0.603. The van der Waals surface area contributed by atoms with Crippen LogP contribution in [-0.2, 0) is 10.0 Å². The minimum Gasteiger partial charge on any atom is -0.572 e. The first kappa shape index (κ1) is 13.4. The predicted octanol–water partition coefficient (Wildman–Crippen LogP) is 4.50. The van der Waals surface area contributed by atoms with Crippen molar-refractivity contribution in [3.63, 3.8) is 0 Å². The van der Waals surface area contributed by atoms with Gasteiger partial charge in [0, 0.05) is 9.50 Å². The van der Waals surface area contributed by atoms with E-state index in [1.165, 1.54) is 24.3 Å². The molecule has 94 valence electrons. The number of nitrogens with zero attached hydrogens (tertiary/aromatic N) is 1. The van der Waals surface area contributed by atoms with Gasteiger partial charge in [-0.1, -0.05) is 45.7 Å². The molecule has 0 unspecified atom stereocenters. The summed E-state index contributed by atoms with van der Waals surface area (Å²) in [4.78, 5) is 0.114. The summed E-state index contributed by atoms with van der Waals surface area (Å²) in [6, 6.07) is 12.8. The Hall–Kier alpha value is -1.04. The molecular formula is C12H8BrClNO2S-. The van der Waals surface area contributed by atoms with Crippen LogP contribution in [0, 0.1) is 0 Å². The van der Waals surface area contributed by atoms with Crippen LogP contribution in [0.5, 0.6) is 0 Å². The van der Waals surface area contributed by atoms with Crippen molar-refractivity contribution in [2.75, 3.05) is 0 Å². The monoisotopic (exact) mass is 344 g/mol. The highest BCUT2D eigenvalue weighted by molar-refractivity contribution is 9.10. The molecule has 0 aliphatic rings. The standard InChI is InChI=1S/C12H8BrClNO2S/c13-11-3-1-2-4-12(11)15-18(16,17)10-7-5-9(14)6-8-10/h1-8H/q-1. The normalized spacial score (nSPS) is 11.2. The van der Waals surface area contributed by atoms with Crippen molar-refractivity contribution in [1.29, 1.82) is 0 Å². The molecule has 0 amide bonds. The third-order valence-corrected chi connectivity index (χ3v) is 4.41. The molecule has 18 heavy (non-hydrogen) atoms. The van der Waals surface area contributed by atoms with Crippen molar-refractivity contribution in [3.05, 3.63) is 62.7 Å². The first-order chi connectivity index (χ1) is 8.49. The Morgan fingerprint density at radius 1 is 1.00 bits per heavy atom. The molecule has 0 heterocycles. The summed E-state index contributed by atoms with van der Waals surface area (Å²) in [5.41, 5.74) is 0.368. The number of benzene rings is 2. The maximum absolute atomic E-state index is 12.0. The summed E-state index contributed by atoms with van der Waals surface area (Å²) in [5.74, 6) is 0. The average Bonchev–Trinajstić information content (AvgIpc) is 2.32. The molecule has 0 radical (unpaired) electrons. The van der Waals surface area contributed by atoms with Crippen molar-refractivity contribution < 1.29 is 8.42 Å². The van der Waals surface area contributed by atoms with E-state index in [0.717, 1.165) is 0 Å². The Bertz CT molecular complexity index is 656. The van der Waals surface area contributed by atoms with E-state index in [0.29, 0.717) is 15.2 Å². The maximum atomic E-state index is 12.0. The van der Waals surface area contributed by atoms with Gasteiger partial charge in [0.1, 0.15) is 10.0 Å². The van der Waals surface area contributed by atoms with Gasteiger partial charge in [-0.25, -0.2) is 8.42 Å². The lowest BCUT2D eigenvalue weighted by atomic mass is 10.3. The van der Waals surface area contributed by atoms with Gasteiger partial charge in [0.2, 0.25) is 0 Å². The van der Waals surface area contributed by atoms with Crippen LogP contribution in [0.15, 0.2) is 57.9 Å². The average molecular weight is 346 g/mol. The highest BCUT2D eigenvalue weighted by atomic mass is 79.9. The molecule has 0 atom stereocenters. The second-order valence-electron chi connectivity index (χ2n) is 3.47. The Balaban J connectivity index is 2.33. The molecule has 2 aromatic rings. The van der Waals surface area contributed by atoms with Gasteiger partial charge < -0.3 is 4.72 Å². The molecule has 0 aromatic heterocycles. The summed E-state index contributed by atoms with van der Waals surface area (Å²) in [5, 5.41) is 0.481. The van der Waals surface area contributed by atoms with Gasteiger partial charge >= 0.3 is 0 Å². The van der Waals surface area contributed by atoms with E-state index >= 15 is 0 Å². The van der Waals surface area contributed by atoms with Gasteiger partial charge in [-0.3, -0.25) is 0 Å². The van der Waals surface area contributed by atoms with E-state index in [1.807, 2.05) is 0 Å². The highest BCUT2D eigenvalue weighted by Crippen LogP contribution is 2.33. The fourth-order valence-corrected chi connectivity index (χ4v) is 2.93. The van der Waals surface area contributed by atoms with Gasteiger partial charge in [-0.15, -0.1) is 5.69 Å². The number of halogens is 2. The van der Waals surface area contributed by atoms with Crippen LogP contribution in [0.1, 0.15) is 0 Å². The molecule has 0 spiro atoms. The Morgan fingerprint density at radius 2 is 1.61 bits per heavy atom.